The summed E-state index contributed by atoms with van der Waals surface area (Å²) in [5.41, 5.74) is 9.34. The van der Waals surface area contributed by atoms with E-state index >= 15 is 0 Å². The van der Waals surface area contributed by atoms with Gasteiger partial charge in [0.1, 0.15) is 0 Å². The standard InChI is InChI=1S/C14H11N3O2.ClH/c15-11-3-6-13-10(7-11)8-14(16-13)9-1-4-12(5-2-9)17(18)19;/h1-8,16H,15H2;1H. The number of nitrogen functional groups attached to an aromatic ring is 1. The molecule has 102 valence electrons. The number of non-ortho nitro benzene ring substituents is 1. The highest BCUT2D eigenvalue weighted by Crippen LogP contribution is 2.26. The summed E-state index contributed by atoms with van der Waals surface area (Å²) in [5, 5.41) is 11.6. The molecule has 2 aromatic carbocycles. The quantitative estimate of drug-likeness (QED) is 0.428. The summed E-state index contributed by atoms with van der Waals surface area (Å²) in [5.74, 6) is 0. The van der Waals surface area contributed by atoms with Crippen molar-refractivity contribution in [2.24, 2.45) is 0 Å². The second-order valence-electron chi connectivity index (χ2n) is 4.33. The summed E-state index contributed by atoms with van der Waals surface area (Å²) in [4.78, 5) is 13.5. The van der Waals surface area contributed by atoms with Gasteiger partial charge in [-0.15, -0.1) is 12.4 Å². The van der Waals surface area contributed by atoms with E-state index in [9.17, 15) is 10.1 Å². The number of anilines is 1. The molecule has 5 nitrogen and oxygen atoms in total. The highest BCUT2D eigenvalue weighted by atomic mass is 35.5. The average molecular weight is 290 g/mol. The van der Waals surface area contributed by atoms with Crippen molar-refractivity contribution < 1.29 is 4.92 Å². The summed E-state index contributed by atoms with van der Waals surface area (Å²) in [6, 6.07) is 14.1. The van der Waals surface area contributed by atoms with E-state index in [0.29, 0.717) is 5.69 Å². The van der Waals surface area contributed by atoms with Crippen LogP contribution in [0.5, 0.6) is 0 Å². The number of hydrogen-bond donors (Lipinski definition) is 2. The fourth-order valence-electron chi connectivity index (χ4n) is 2.07. The van der Waals surface area contributed by atoms with Gasteiger partial charge < -0.3 is 10.7 Å². The van der Waals surface area contributed by atoms with Crippen molar-refractivity contribution in [1.82, 2.24) is 4.98 Å². The van der Waals surface area contributed by atoms with E-state index in [2.05, 4.69) is 4.98 Å². The number of hydrogen-bond acceptors (Lipinski definition) is 3. The molecule has 0 atom stereocenters. The number of nitrogens with one attached hydrogen (secondary N) is 1. The van der Waals surface area contributed by atoms with E-state index in [1.165, 1.54) is 12.1 Å². The Bertz CT molecular complexity index is 766. The molecule has 1 aromatic heterocycles. The van der Waals surface area contributed by atoms with Gasteiger partial charge in [0.05, 0.1) is 4.92 Å². The summed E-state index contributed by atoms with van der Waals surface area (Å²) < 4.78 is 0. The number of nitro groups is 1. The van der Waals surface area contributed by atoms with Gasteiger partial charge in [0.25, 0.3) is 5.69 Å². The Hall–Kier alpha value is -2.53. The van der Waals surface area contributed by atoms with E-state index in [1.54, 1.807) is 12.1 Å². The number of halogens is 1. The Balaban J connectivity index is 0.00000147. The first-order valence-corrected chi connectivity index (χ1v) is 5.76. The highest BCUT2D eigenvalue weighted by molar-refractivity contribution is 5.88. The zero-order valence-corrected chi connectivity index (χ0v) is 11.2. The molecular weight excluding hydrogens is 278 g/mol. The van der Waals surface area contributed by atoms with Crippen molar-refractivity contribution in [3.63, 3.8) is 0 Å². The first kappa shape index (κ1) is 13.9. The van der Waals surface area contributed by atoms with Gasteiger partial charge in [0, 0.05) is 34.4 Å². The van der Waals surface area contributed by atoms with Crippen LogP contribution in [0.4, 0.5) is 11.4 Å². The lowest BCUT2D eigenvalue weighted by atomic mass is 10.1. The number of fused-ring (bicyclic) bond motifs is 1. The van der Waals surface area contributed by atoms with Crippen LogP contribution in [0.3, 0.4) is 0 Å². The maximum absolute atomic E-state index is 10.6. The normalized spacial score (nSPS) is 10.2. The van der Waals surface area contributed by atoms with Crippen molar-refractivity contribution in [1.29, 1.82) is 0 Å². The fraction of sp³-hybridized carbons (Fsp3) is 0. The van der Waals surface area contributed by atoms with Crippen LogP contribution < -0.4 is 5.73 Å². The second kappa shape index (κ2) is 5.22. The molecule has 0 aliphatic rings. The average Bonchev–Trinajstić information content (AvgIpc) is 2.81. The molecule has 3 N–H and O–H groups in total. The molecule has 0 aliphatic carbocycles. The molecule has 0 fully saturated rings. The van der Waals surface area contributed by atoms with Crippen LogP contribution in [0, 0.1) is 10.1 Å². The molecule has 3 rings (SSSR count). The largest absolute Gasteiger partial charge is 0.399 e. The topological polar surface area (TPSA) is 85.0 Å². The number of nitrogens with zero attached hydrogens (tertiary/aromatic N) is 1. The minimum atomic E-state index is -0.407. The van der Waals surface area contributed by atoms with Crippen molar-refractivity contribution >= 4 is 34.7 Å². The van der Waals surface area contributed by atoms with Gasteiger partial charge in [-0.05, 0) is 42.0 Å². The molecule has 6 heteroatoms. The van der Waals surface area contributed by atoms with Crippen LogP contribution in [0.15, 0.2) is 48.5 Å². The number of H-pyrrole nitrogens is 1. The Morgan fingerprint density at radius 2 is 1.75 bits per heavy atom. The van der Waals surface area contributed by atoms with Gasteiger partial charge >= 0.3 is 0 Å². The molecule has 1 heterocycles. The van der Waals surface area contributed by atoms with Crippen LogP contribution >= 0.6 is 12.4 Å². The zero-order valence-electron chi connectivity index (χ0n) is 10.4. The minimum Gasteiger partial charge on any atom is -0.399 e. The highest BCUT2D eigenvalue weighted by Gasteiger charge is 2.07. The Morgan fingerprint density at radius 3 is 2.40 bits per heavy atom. The summed E-state index contributed by atoms with van der Waals surface area (Å²) in [7, 11) is 0. The van der Waals surface area contributed by atoms with Gasteiger partial charge in [-0.2, -0.15) is 0 Å². The van der Waals surface area contributed by atoms with Crippen molar-refractivity contribution in [2.75, 3.05) is 5.73 Å². The first-order chi connectivity index (χ1) is 9.13. The molecule has 20 heavy (non-hydrogen) atoms. The predicted molar refractivity (Wildman–Crippen MR) is 82.0 cm³/mol. The van der Waals surface area contributed by atoms with E-state index in [1.807, 2.05) is 24.3 Å². The van der Waals surface area contributed by atoms with E-state index in [0.717, 1.165) is 22.2 Å². The lowest BCUT2D eigenvalue weighted by Gasteiger charge is -1.97. The maximum atomic E-state index is 10.6. The Morgan fingerprint density at radius 1 is 1.05 bits per heavy atom. The van der Waals surface area contributed by atoms with Crippen molar-refractivity contribution in [3.8, 4) is 11.3 Å². The van der Waals surface area contributed by atoms with Gasteiger partial charge in [-0.25, -0.2) is 0 Å². The summed E-state index contributed by atoms with van der Waals surface area (Å²) in [6.45, 7) is 0. The molecule has 0 aliphatic heterocycles. The molecule has 0 spiro atoms. The van der Waals surface area contributed by atoms with Crippen LogP contribution in [-0.2, 0) is 0 Å². The van der Waals surface area contributed by atoms with Crippen LogP contribution in [-0.4, -0.2) is 9.91 Å². The third-order valence-corrected chi connectivity index (χ3v) is 3.03. The molecule has 0 amide bonds. The van der Waals surface area contributed by atoms with E-state index < -0.39 is 4.92 Å². The molecule has 0 radical (unpaired) electrons. The number of aromatic amines is 1. The molecule has 0 unspecified atom stereocenters. The predicted octanol–water partition coefficient (Wildman–Crippen LogP) is 3.75. The smallest absolute Gasteiger partial charge is 0.269 e. The Kier molecular flexibility index (Phi) is 3.63. The van der Waals surface area contributed by atoms with E-state index in [4.69, 9.17) is 5.73 Å². The number of rotatable bonds is 2. The minimum absolute atomic E-state index is 0. The van der Waals surface area contributed by atoms with Crippen LogP contribution in [0.25, 0.3) is 22.2 Å². The number of benzene rings is 2. The number of nitrogens with two attached hydrogens (primary N) is 1. The fourth-order valence-corrected chi connectivity index (χ4v) is 2.07. The van der Waals surface area contributed by atoms with Gasteiger partial charge in [-0.3, -0.25) is 10.1 Å². The SMILES string of the molecule is Cl.Nc1ccc2[nH]c(-c3ccc([N+](=O)[O-])cc3)cc2c1. The maximum Gasteiger partial charge on any atom is 0.269 e. The molecule has 0 saturated heterocycles. The van der Waals surface area contributed by atoms with Gasteiger partial charge in [0.2, 0.25) is 0 Å². The third kappa shape index (κ3) is 2.44. The molecule has 0 bridgehead atoms. The summed E-state index contributed by atoms with van der Waals surface area (Å²) in [6.07, 6.45) is 0. The number of nitro benzene ring substituents is 1. The van der Waals surface area contributed by atoms with Crippen molar-refractivity contribution in [2.45, 2.75) is 0 Å². The molecular formula is C14H12ClN3O2. The van der Waals surface area contributed by atoms with E-state index in [-0.39, 0.29) is 18.1 Å². The van der Waals surface area contributed by atoms with Gasteiger partial charge in [-0.1, -0.05) is 0 Å². The third-order valence-electron chi connectivity index (χ3n) is 3.03. The van der Waals surface area contributed by atoms with Gasteiger partial charge in [0.15, 0.2) is 0 Å². The zero-order chi connectivity index (χ0) is 13.4. The molecule has 3 aromatic rings. The lowest BCUT2D eigenvalue weighted by Crippen LogP contribution is -1.87. The lowest BCUT2D eigenvalue weighted by molar-refractivity contribution is -0.384. The first-order valence-electron chi connectivity index (χ1n) is 5.76. The molecule has 0 saturated carbocycles. The number of aromatic nitrogens is 1. The Labute approximate surface area is 121 Å². The second-order valence-corrected chi connectivity index (χ2v) is 4.33. The summed E-state index contributed by atoms with van der Waals surface area (Å²) >= 11 is 0. The van der Waals surface area contributed by atoms with Crippen LogP contribution in [0.1, 0.15) is 0 Å². The monoisotopic (exact) mass is 289 g/mol. The van der Waals surface area contributed by atoms with Crippen LogP contribution in [0.2, 0.25) is 0 Å². The van der Waals surface area contributed by atoms with Crippen molar-refractivity contribution in [3.05, 3.63) is 58.6 Å².